The van der Waals surface area contributed by atoms with Gasteiger partial charge in [0.05, 0.1) is 21.3 Å². The van der Waals surface area contributed by atoms with Crippen molar-refractivity contribution in [2.75, 3.05) is 23.7 Å². The van der Waals surface area contributed by atoms with Crippen LogP contribution in [-0.2, 0) is 0 Å². The highest BCUT2D eigenvalue weighted by Gasteiger charge is 2.42. The first-order chi connectivity index (χ1) is 13.3. The van der Waals surface area contributed by atoms with Crippen molar-refractivity contribution in [3.8, 4) is 5.69 Å². The van der Waals surface area contributed by atoms with Crippen LogP contribution in [0.1, 0.15) is 44.6 Å². The smallest absolute Gasteiger partial charge is 0.264 e. The number of halogens is 2. The number of anilines is 2. The Morgan fingerprint density at radius 3 is 2.57 bits per heavy atom. The van der Waals surface area contributed by atoms with E-state index in [1.807, 2.05) is 6.92 Å². The van der Waals surface area contributed by atoms with Crippen molar-refractivity contribution in [2.24, 2.45) is 11.3 Å². The van der Waals surface area contributed by atoms with Crippen LogP contribution in [0.5, 0.6) is 0 Å². The van der Waals surface area contributed by atoms with E-state index in [1.165, 1.54) is 23.8 Å². The van der Waals surface area contributed by atoms with E-state index in [9.17, 15) is 4.79 Å². The third-order valence-corrected chi connectivity index (χ3v) is 7.71. The van der Waals surface area contributed by atoms with Crippen molar-refractivity contribution >= 4 is 35.0 Å². The average Bonchev–Trinajstić information content (AvgIpc) is 3.02. The largest absolute Gasteiger partial charge is 0.369 e. The Morgan fingerprint density at radius 1 is 1.21 bits per heavy atom. The molecule has 2 aromatic rings. The molecule has 1 saturated carbocycles. The van der Waals surface area contributed by atoms with E-state index in [4.69, 9.17) is 28.9 Å². The van der Waals surface area contributed by atoms with Gasteiger partial charge in [-0.15, -0.1) is 0 Å². The molecule has 1 saturated heterocycles. The maximum atomic E-state index is 13.1. The van der Waals surface area contributed by atoms with Crippen LogP contribution in [0.15, 0.2) is 23.0 Å². The van der Waals surface area contributed by atoms with Crippen LogP contribution < -0.4 is 16.2 Å². The summed E-state index contributed by atoms with van der Waals surface area (Å²) < 4.78 is 1.34. The van der Waals surface area contributed by atoms with Gasteiger partial charge in [0.15, 0.2) is 0 Å². The van der Waals surface area contributed by atoms with Crippen molar-refractivity contribution in [3.05, 3.63) is 44.2 Å². The van der Waals surface area contributed by atoms with Gasteiger partial charge in [0.25, 0.3) is 5.56 Å². The Balaban J connectivity index is 1.68. The molecule has 0 unspecified atom stereocenters. The fraction of sp³-hybridized carbons (Fsp3) is 0.524. The molecule has 0 radical (unpaired) electrons. The molecule has 2 heterocycles. The van der Waals surface area contributed by atoms with E-state index >= 15 is 0 Å². The van der Waals surface area contributed by atoms with Gasteiger partial charge in [0.2, 0.25) is 5.95 Å². The van der Waals surface area contributed by atoms with Crippen molar-refractivity contribution in [3.63, 3.8) is 0 Å². The molecule has 1 aromatic carbocycles. The fourth-order valence-corrected chi connectivity index (χ4v) is 5.42. The van der Waals surface area contributed by atoms with Crippen LogP contribution in [0, 0.1) is 18.3 Å². The van der Waals surface area contributed by atoms with E-state index < -0.39 is 0 Å². The second-order valence-corrected chi connectivity index (χ2v) is 9.06. The van der Waals surface area contributed by atoms with Crippen molar-refractivity contribution in [1.82, 2.24) is 9.55 Å². The summed E-state index contributed by atoms with van der Waals surface area (Å²) in [6.07, 6.45) is 6.30. The molecular weight excluding hydrogens is 395 g/mol. The second-order valence-electron chi connectivity index (χ2n) is 8.27. The zero-order chi connectivity index (χ0) is 20.1. The zero-order valence-corrected chi connectivity index (χ0v) is 17.9. The van der Waals surface area contributed by atoms with Crippen LogP contribution in [0.4, 0.5) is 11.8 Å². The van der Waals surface area contributed by atoms with Crippen LogP contribution in [0.3, 0.4) is 0 Å². The molecule has 2 N–H and O–H groups in total. The molecule has 150 valence electrons. The number of nitrogens with two attached hydrogens (primary N) is 1. The van der Waals surface area contributed by atoms with Crippen molar-refractivity contribution in [1.29, 1.82) is 0 Å². The monoisotopic (exact) mass is 420 g/mol. The Morgan fingerprint density at radius 2 is 1.93 bits per heavy atom. The number of benzene rings is 1. The zero-order valence-electron chi connectivity index (χ0n) is 16.3. The quantitative estimate of drug-likeness (QED) is 0.754. The van der Waals surface area contributed by atoms with E-state index in [1.54, 1.807) is 18.2 Å². The van der Waals surface area contributed by atoms with E-state index in [0.717, 1.165) is 31.8 Å². The van der Waals surface area contributed by atoms with Gasteiger partial charge in [0, 0.05) is 13.1 Å². The predicted octanol–water partition coefficient (Wildman–Crippen LogP) is 4.84. The molecule has 0 bridgehead atoms. The first kappa shape index (κ1) is 19.6. The fourth-order valence-electron chi connectivity index (χ4n) is 5.04. The lowest BCUT2D eigenvalue weighted by Gasteiger charge is -2.43. The van der Waals surface area contributed by atoms with Gasteiger partial charge >= 0.3 is 0 Å². The number of nitrogen functional groups attached to an aromatic ring is 1. The number of aromatic nitrogens is 2. The summed E-state index contributed by atoms with van der Waals surface area (Å²) in [5, 5.41) is 0.668. The molecule has 2 fully saturated rings. The minimum atomic E-state index is -0.207. The first-order valence-electron chi connectivity index (χ1n) is 9.92. The molecule has 1 aliphatic carbocycles. The Labute approximate surface area is 175 Å². The summed E-state index contributed by atoms with van der Waals surface area (Å²) in [5.41, 5.74) is 7.51. The summed E-state index contributed by atoms with van der Waals surface area (Å²) >= 11 is 12.4. The summed E-state index contributed by atoms with van der Waals surface area (Å²) in [5.74, 6) is 1.61. The topological polar surface area (TPSA) is 64.2 Å². The highest BCUT2D eigenvalue weighted by molar-refractivity contribution is 6.43. The Hall–Kier alpha value is -1.72. The van der Waals surface area contributed by atoms with E-state index in [-0.39, 0.29) is 11.5 Å². The number of hydrogen-bond donors (Lipinski definition) is 1. The third kappa shape index (κ3) is 3.09. The normalized spacial score (nSPS) is 21.4. The molecule has 2 aliphatic rings. The maximum Gasteiger partial charge on any atom is 0.264 e. The van der Waals surface area contributed by atoms with Gasteiger partial charge in [0.1, 0.15) is 5.82 Å². The number of nitrogens with zero attached hydrogens (tertiary/aromatic N) is 3. The molecule has 0 amide bonds. The number of hydrogen-bond acceptors (Lipinski definition) is 4. The lowest BCUT2D eigenvalue weighted by atomic mass is 9.71. The molecule has 1 spiro atoms. The summed E-state index contributed by atoms with van der Waals surface area (Å²) in [7, 11) is 0. The maximum absolute atomic E-state index is 13.1. The standard InChI is InChI=1S/C21H26Cl2N4O/c1-13-5-4-8-21(13)9-11-26(12-10-21)18-14(2)19(28)27(20(24)25-18)16-7-3-6-15(22)17(16)23/h3,6-7,13H,4-5,8-12H2,1-2H3,(H2,24,25)/t13-/m0/s1. The lowest BCUT2D eigenvalue weighted by molar-refractivity contribution is 0.161. The molecule has 28 heavy (non-hydrogen) atoms. The van der Waals surface area contributed by atoms with Crippen LogP contribution in [0.25, 0.3) is 5.69 Å². The van der Waals surface area contributed by atoms with Gasteiger partial charge in [-0.2, -0.15) is 4.98 Å². The van der Waals surface area contributed by atoms with Gasteiger partial charge in [-0.1, -0.05) is 49.0 Å². The summed E-state index contributed by atoms with van der Waals surface area (Å²) in [6, 6.07) is 5.14. The van der Waals surface area contributed by atoms with Gasteiger partial charge in [-0.25, -0.2) is 4.57 Å². The molecule has 4 rings (SSSR count). The van der Waals surface area contributed by atoms with Crippen LogP contribution in [-0.4, -0.2) is 22.6 Å². The minimum Gasteiger partial charge on any atom is -0.369 e. The summed E-state index contributed by atoms with van der Waals surface area (Å²) in [6.45, 7) is 6.03. The number of rotatable bonds is 2. The Bertz CT molecular complexity index is 964. The third-order valence-electron chi connectivity index (χ3n) is 6.90. The molecule has 1 aliphatic heterocycles. The van der Waals surface area contributed by atoms with E-state index in [0.29, 0.717) is 32.5 Å². The Kier molecular flexibility index (Phi) is 5.09. The predicted molar refractivity (Wildman–Crippen MR) is 116 cm³/mol. The molecular formula is C21H26Cl2N4O. The van der Waals surface area contributed by atoms with Gasteiger partial charge in [-0.3, -0.25) is 4.79 Å². The lowest BCUT2D eigenvalue weighted by Crippen LogP contribution is -2.43. The van der Waals surface area contributed by atoms with Crippen molar-refractivity contribution in [2.45, 2.75) is 46.0 Å². The highest BCUT2D eigenvalue weighted by atomic mass is 35.5. The molecule has 1 atom stereocenters. The molecule has 1 aromatic heterocycles. The van der Waals surface area contributed by atoms with E-state index in [2.05, 4.69) is 16.8 Å². The second kappa shape index (κ2) is 7.27. The highest BCUT2D eigenvalue weighted by Crippen LogP contribution is 2.50. The van der Waals surface area contributed by atoms with Crippen molar-refractivity contribution < 1.29 is 0 Å². The average molecular weight is 421 g/mol. The van der Waals surface area contributed by atoms with Crippen LogP contribution >= 0.6 is 23.2 Å². The molecule has 7 heteroatoms. The first-order valence-corrected chi connectivity index (χ1v) is 10.7. The summed E-state index contributed by atoms with van der Waals surface area (Å²) in [4.78, 5) is 20.0. The van der Waals surface area contributed by atoms with Crippen LogP contribution in [0.2, 0.25) is 10.0 Å². The van der Waals surface area contributed by atoms with Gasteiger partial charge < -0.3 is 10.6 Å². The molecule has 5 nitrogen and oxygen atoms in total. The number of piperidine rings is 1. The van der Waals surface area contributed by atoms with Gasteiger partial charge in [-0.05, 0) is 49.7 Å². The minimum absolute atomic E-state index is 0.129. The SMILES string of the molecule is Cc1c(N2CCC3(CCC[C@@H]3C)CC2)nc(N)n(-c2cccc(Cl)c2Cl)c1=O.